The van der Waals surface area contributed by atoms with Gasteiger partial charge in [0.05, 0.1) is 28.5 Å². The second-order valence-electron chi connectivity index (χ2n) is 5.69. The second kappa shape index (κ2) is 7.59. The molecule has 0 saturated carbocycles. The van der Waals surface area contributed by atoms with E-state index in [2.05, 4.69) is 5.10 Å². The Morgan fingerprint density at radius 2 is 1.89 bits per heavy atom. The standard InChI is InChI=1S/C19H16ClN3O4/c1-3-27-19(24)17-12(2)22(14-10-8-13(20)9-11-14)21-18(17)15-6-4-5-7-16(15)23(25)26/h4-11H,3H2,1-2H3. The fraction of sp³-hybridized carbons (Fsp3) is 0.158. The zero-order chi connectivity index (χ0) is 19.6. The molecule has 7 nitrogen and oxygen atoms in total. The lowest BCUT2D eigenvalue weighted by Gasteiger charge is -2.05. The van der Waals surface area contributed by atoms with E-state index in [1.807, 2.05) is 0 Å². The molecule has 0 saturated heterocycles. The Bertz CT molecular complexity index is 1010. The van der Waals surface area contributed by atoms with Gasteiger partial charge in [-0.3, -0.25) is 10.1 Å². The van der Waals surface area contributed by atoms with E-state index in [4.69, 9.17) is 16.3 Å². The largest absolute Gasteiger partial charge is 0.462 e. The normalized spacial score (nSPS) is 10.6. The molecule has 8 heteroatoms. The van der Waals surface area contributed by atoms with Gasteiger partial charge >= 0.3 is 5.97 Å². The molecule has 0 fully saturated rings. The summed E-state index contributed by atoms with van der Waals surface area (Å²) in [5, 5.41) is 16.5. The molecular weight excluding hydrogens is 370 g/mol. The molecule has 0 bridgehead atoms. The minimum atomic E-state index is -0.580. The Kier molecular flexibility index (Phi) is 5.23. The summed E-state index contributed by atoms with van der Waals surface area (Å²) in [6.45, 7) is 3.59. The molecule has 0 aliphatic carbocycles. The fourth-order valence-corrected chi connectivity index (χ4v) is 2.93. The Balaban J connectivity index is 2.27. The summed E-state index contributed by atoms with van der Waals surface area (Å²) in [6, 6.07) is 13.1. The molecule has 0 spiro atoms. The van der Waals surface area contributed by atoms with Crippen molar-refractivity contribution in [2.75, 3.05) is 6.61 Å². The third-order valence-corrected chi connectivity index (χ3v) is 4.27. The maximum absolute atomic E-state index is 12.6. The number of carbonyl (C=O) groups is 1. The molecule has 0 radical (unpaired) electrons. The molecule has 3 rings (SSSR count). The smallest absolute Gasteiger partial charge is 0.342 e. The Morgan fingerprint density at radius 1 is 1.22 bits per heavy atom. The highest BCUT2D eigenvalue weighted by Gasteiger charge is 2.28. The molecule has 0 N–H and O–H groups in total. The van der Waals surface area contributed by atoms with E-state index < -0.39 is 10.9 Å². The highest BCUT2D eigenvalue weighted by Crippen LogP contribution is 2.34. The van der Waals surface area contributed by atoms with E-state index in [1.54, 1.807) is 61.0 Å². The maximum atomic E-state index is 12.6. The Labute approximate surface area is 160 Å². The number of nitro groups is 1. The van der Waals surface area contributed by atoms with Crippen LogP contribution in [0.2, 0.25) is 5.02 Å². The van der Waals surface area contributed by atoms with Crippen molar-refractivity contribution in [2.45, 2.75) is 13.8 Å². The number of nitro benzene ring substituents is 1. The SMILES string of the molecule is CCOC(=O)c1c(-c2ccccc2[N+](=O)[O-])nn(-c2ccc(Cl)cc2)c1C. The van der Waals surface area contributed by atoms with Crippen molar-refractivity contribution in [3.05, 3.63) is 74.9 Å². The minimum absolute atomic E-state index is 0.135. The third-order valence-electron chi connectivity index (χ3n) is 4.02. The zero-order valence-corrected chi connectivity index (χ0v) is 15.4. The van der Waals surface area contributed by atoms with E-state index in [1.165, 1.54) is 6.07 Å². The number of benzene rings is 2. The van der Waals surface area contributed by atoms with Crippen LogP contribution in [-0.4, -0.2) is 27.3 Å². The molecule has 0 atom stereocenters. The van der Waals surface area contributed by atoms with E-state index >= 15 is 0 Å². The van der Waals surface area contributed by atoms with Gasteiger partial charge in [0, 0.05) is 11.1 Å². The third kappa shape index (κ3) is 3.54. The van der Waals surface area contributed by atoms with Crippen LogP contribution in [0.3, 0.4) is 0 Å². The lowest BCUT2D eigenvalue weighted by atomic mass is 10.0. The molecular formula is C19H16ClN3O4. The first-order valence-corrected chi connectivity index (χ1v) is 8.58. The highest BCUT2D eigenvalue weighted by atomic mass is 35.5. The predicted octanol–water partition coefficient (Wildman–Crippen LogP) is 4.59. The van der Waals surface area contributed by atoms with Crippen LogP contribution >= 0.6 is 11.6 Å². The first kappa shape index (κ1) is 18.6. The van der Waals surface area contributed by atoms with Crippen LogP contribution < -0.4 is 0 Å². The number of ether oxygens (including phenoxy) is 1. The van der Waals surface area contributed by atoms with Crippen molar-refractivity contribution in [1.82, 2.24) is 9.78 Å². The number of nitrogens with zero attached hydrogens (tertiary/aromatic N) is 3. The molecule has 0 amide bonds. The van der Waals surface area contributed by atoms with Gasteiger partial charge in [-0.05, 0) is 44.2 Å². The summed E-state index contributed by atoms with van der Waals surface area (Å²) in [5.41, 5.74) is 1.70. The lowest BCUT2D eigenvalue weighted by Crippen LogP contribution is -2.08. The number of hydrogen-bond acceptors (Lipinski definition) is 5. The average molecular weight is 386 g/mol. The van der Waals surface area contributed by atoms with Crippen molar-refractivity contribution in [1.29, 1.82) is 0 Å². The van der Waals surface area contributed by atoms with Gasteiger partial charge in [0.15, 0.2) is 0 Å². The van der Waals surface area contributed by atoms with Gasteiger partial charge in [0.2, 0.25) is 0 Å². The highest BCUT2D eigenvalue weighted by molar-refractivity contribution is 6.30. The van der Waals surface area contributed by atoms with Gasteiger partial charge in [-0.1, -0.05) is 23.7 Å². The number of para-hydroxylation sites is 1. The van der Waals surface area contributed by atoms with Gasteiger partial charge in [-0.25, -0.2) is 9.48 Å². The summed E-state index contributed by atoms with van der Waals surface area (Å²) < 4.78 is 6.71. The van der Waals surface area contributed by atoms with Crippen molar-refractivity contribution in [3.8, 4) is 16.9 Å². The monoisotopic (exact) mass is 385 g/mol. The van der Waals surface area contributed by atoms with Crippen molar-refractivity contribution < 1.29 is 14.5 Å². The fourth-order valence-electron chi connectivity index (χ4n) is 2.81. The molecule has 0 unspecified atom stereocenters. The number of halogens is 1. The first-order chi connectivity index (χ1) is 12.9. The van der Waals surface area contributed by atoms with Crippen LogP contribution in [0.15, 0.2) is 48.5 Å². The summed E-state index contributed by atoms with van der Waals surface area (Å²) >= 11 is 5.94. The van der Waals surface area contributed by atoms with Crippen molar-refractivity contribution in [2.24, 2.45) is 0 Å². The van der Waals surface area contributed by atoms with Gasteiger partial charge in [-0.2, -0.15) is 5.10 Å². The van der Waals surface area contributed by atoms with Crippen molar-refractivity contribution >= 4 is 23.3 Å². The number of rotatable bonds is 5. The van der Waals surface area contributed by atoms with Crippen LogP contribution in [0.5, 0.6) is 0 Å². The van der Waals surface area contributed by atoms with Gasteiger partial charge in [0.25, 0.3) is 5.69 Å². The zero-order valence-electron chi connectivity index (χ0n) is 14.7. The van der Waals surface area contributed by atoms with Gasteiger partial charge in [0.1, 0.15) is 11.3 Å². The Hall–Kier alpha value is -3.19. The number of aromatic nitrogens is 2. The number of hydrogen-bond donors (Lipinski definition) is 0. The molecule has 27 heavy (non-hydrogen) atoms. The van der Waals surface area contributed by atoms with Crippen LogP contribution in [0, 0.1) is 17.0 Å². The summed E-state index contributed by atoms with van der Waals surface area (Å²) in [5.74, 6) is -0.580. The topological polar surface area (TPSA) is 87.3 Å². The summed E-state index contributed by atoms with van der Waals surface area (Å²) in [7, 11) is 0. The second-order valence-corrected chi connectivity index (χ2v) is 6.13. The maximum Gasteiger partial charge on any atom is 0.342 e. The minimum Gasteiger partial charge on any atom is -0.462 e. The molecule has 1 aromatic heterocycles. The molecule has 1 heterocycles. The van der Waals surface area contributed by atoms with Gasteiger partial charge < -0.3 is 4.74 Å². The quantitative estimate of drug-likeness (QED) is 0.364. The number of carbonyl (C=O) groups excluding carboxylic acids is 1. The molecule has 138 valence electrons. The molecule has 0 aliphatic heterocycles. The van der Waals surface area contributed by atoms with Crippen LogP contribution in [0.25, 0.3) is 16.9 Å². The van der Waals surface area contributed by atoms with Crippen LogP contribution in [0.1, 0.15) is 23.0 Å². The van der Waals surface area contributed by atoms with E-state index in [0.717, 1.165) is 0 Å². The average Bonchev–Trinajstić information content (AvgIpc) is 2.99. The predicted molar refractivity (Wildman–Crippen MR) is 101 cm³/mol. The lowest BCUT2D eigenvalue weighted by molar-refractivity contribution is -0.384. The van der Waals surface area contributed by atoms with E-state index in [0.29, 0.717) is 16.4 Å². The van der Waals surface area contributed by atoms with E-state index in [-0.39, 0.29) is 29.1 Å². The summed E-state index contributed by atoms with van der Waals surface area (Å²) in [4.78, 5) is 23.5. The molecule has 2 aromatic carbocycles. The van der Waals surface area contributed by atoms with Crippen molar-refractivity contribution in [3.63, 3.8) is 0 Å². The molecule has 0 aliphatic rings. The Morgan fingerprint density at radius 3 is 2.52 bits per heavy atom. The van der Waals surface area contributed by atoms with Crippen LogP contribution in [-0.2, 0) is 4.74 Å². The van der Waals surface area contributed by atoms with Gasteiger partial charge in [-0.15, -0.1) is 0 Å². The first-order valence-electron chi connectivity index (χ1n) is 8.20. The number of esters is 1. The molecule has 3 aromatic rings. The van der Waals surface area contributed by atoms with E-state index in [9.17, 15) is 14.9 Å². The van der Waals surface area contributed by atoms with Crippen LogP contribution in [0.4, 0.5) is 5.69 Å². The summed E-state index contributed by atoms with van der Waals surface area (Å²) in [6.07, 6.45) is 0.